The minimum absolute atomic E-state index is 0.0712. The molecule has 0 aromatic heterocycles. The summed E-state index contributed by atoms with van der Waals surface area (Å²) in [5.74, 6) is 0.330. The fourth-order valence-corrected chi connectivity index (χ4v) is 2.62. The summed E-state index contributed by atoms with van der Waals surface area (Å²) < 4.78 is 39.2. The summed E-state index contributed by atoms with van der Waals surface area (Å²) in [7, 11) is -3.75. The number of hydrogen-bond donors (Lipinski definition) is 0. The Morgan fingerprint density at radius 2 is 2.11 bits per heavy atom. The number of aryl methyl sites for hydroxylation is 1. The zero-order valence-corrected chi connectivity index (χ0v) is 11.2. The molecule has 1 aromatic rings. The highest BCUT2D eigenvalue weighted by Crippen LogP contribution is 2.28. The number of ether oxygens (including phenoxy) is 2. The van der Waals surface area contributed by atoms with Crippen LogP contribution in [0.15, 0.2) is 23.1 Å². The molecular formula is C12H16O5S. The summed E-state index contributed by atoms with van der Waals surface area (Å²) in [5.41, 5.74) is 0.931. The van der Waals surface area contributed by atoms with Gasteiger partial charge in [0.1, 0.15) is 16.7 Å². The molecule has 1 aromatic carbocycles. The van der Waals surface area contributed by atoms with Gasteiger partial charge in [-0.25, -0.2) is 0 Å². The van der Waals surface area contributed by atoms with Crippen LogP contribution in [0, 0.1) is 6.92 Å². The van der Waals surface area contributed by atoms with E-state index in [0.29, 0.717) is 19.0 Å². The van der Waals surface area contributed by atoms with Gasteiger partial charge in [0.05, 0.1) is 19.8 Å². The van der Waals surface area contributed by atoms with Gasteiger partial charge in [-0.1, -0.05) is 6.07 Å². The lowest BCUT2D eigenvalue weighted by atomic mass is 10.2. The SMILES string of the molecule is CCOS(=O)(=O)c1ccc(C)cc1OC1COC1. The van der Waals surface area contributed by atoms with Crippen LogP contribution >= 0.6 is 0 Å². The molecule has 1 saturated heterocycles. The summed E-state index contributed by atoms with van der Waals surface area (Å²) in [6.07, 6.45) is -0.0811. The van der Waals surface area contributed by atoms with Crippen LogP contribution in [0.1, 0.15) is 12.5 Å². The molecule has 0 atom stereocenters. The maximum Gasteiger partial charge on any atom is 0.300 e. The van der Waals surface area contributed by atoms with Crippen molar-refractivity contribution in [2.45, 2.75) is 24.8 Å². The van der Waals surface area contributed by atoms with Crippen molar-refractivity contribution < 1.29 is 22.1 Å². The van der Waals surface area contributed by atoms with Crippen molar-refractivity contribution in [3.63, 3.8) is 0 Å². The van der Waals surface area contributed by atoms with Gasteiger partial charge >= 0.3 is 10.1 Å². The lowest BCUT2D eigenvalue weighted by molar-refractivity contribution is -0.0808. The highest BCUT2D eigenvalue weighted by Gasteiger charge is 2.25. The zero-order chi connectivity index (χ0) is 13.2. The van der Waals surface area contributed by atoms with Crippen LogP contribution < -0.4 is 4.74 Å². The zero-order valence-electron chi connectivity index (χ0n) is 10.4. The largest absolute Gasteiger partial charge is 0.484 e. The van der Waals surface area contributed by atoms with Crippen molar-refractivity contribution in [1.82, 2.24) is 0 Å². The minimum Gasteiger partial charge on any atom is -0.484 e. The molecule has 0 bridgehead atoms. The summed E-state index contributed by atoms with van der Waals surface area (Å²) in [6.45, 7) is 4.58. The molecule has 1 aliphatic rings. The minimum atomic E-state index is -3.75. The van der Waals surface area contributed by atoms with Crippen molar-refractivity contribution in [2.75, 3.05) is 19.8 Å². The first kappa shape index (κ1) is 13.3. The molecule has 0 saturated carbocycles. The molecule has 18 heavy (non-hydrogen) atoms. The van der Waals surface area contributed by atoms with Crippen molar-refractivity contribution >= 4 is 10.1 Å². The second-order valence-corrected chi connectivity index (χ2v) is 5.67. The van der Waals surface area contributed by atoms with E-state index in [4.69, 9.17) is 13.7 Å². The molecule has 1 fully saturated rings. The van der Waals surface area contributed by atoms with Crippen LogP contribution in [-0.4, -0.2) is 34.3 Å². The van der Waals surface area contributed by atoms with Gasteiger partial charge in [0.25, 0.3) is 0 Å². The second kappa shape index (κ2) is 5.26. The number of benzene rings is 1. The molecule has 0 amide bonds. The summed E-state index contributed by atoms with van der Waals surface area (Å²) in [6, 6.07) is 4.93. The van der Waals surface area contributed by atoms with E-state index in [1.54, 1.807) is 19.1 Å². The Hall–Kier alpha value is -1.11. The third kappa shape index (κ3) is 2.82. The Kier molecular flexibility index (Phi) is 3.89. The van der Waals surface area contributed by atoms with E-state index in [1.807, 2.05) is 6.92 Å². The first-order chi connectivity index (χ1) is 8.53. The molecular weight excluding hydrogens is 256 g/mol. The van der Waals surface area contributed by atoms with Gasteiger partial charge in [-0.05, 0) is 31.5 Å². The van der Waals surface area contributed by atoms with Crippen molar-refractivity contribution in [1.29, 1.82) is 0 Å². The fraction of sp³-hybridized carbons (Fsp3) is 0.500. The molecule has 1 heterocycles. The van der Waals surface area contributed by atoms with Gasteiger partial charge in [0, 0.05) is 0 Å². The topological polar surface area (TPSA) is 61.8 Å². The van der Waals surface area contributed by atoms with Crippen LogP contribution in [-0.2, 0) is 19.0 Å². The average molecular weight is 272 g/mol. The Balaban J connectivity index is 2.33. The first-order valence-electron chi connectivity index (χ1n) is 5.77. The van der Waals surface area contributed by atoms with Crippen molar-refractivity contribution in [3.8, 4) is 5.75 Å². The van der Waals surface area contributed by atoms with E-state index >= 15 is 0 Å². The summed E-state index contributed by atoms with van der Waals surface area (Å²) in [4.78, 5) is 0.0712. The van der Waals surface area contributed by atoms with Crippen molar-refractivity contribution in [2.24, 2.45) is 0 Å². The van der Waals surface area contributed by atoms with E-state index in [0.717, 1.165) is 5.56 Å². The van der Waals surface area contributed by atoms with Gasteiger partial charge in [-0.2, -0.15) is 8.42 Å². The van der Waals surface area contributed by atoms with Gasteiger partial charge in [0.2, 0.25) is 0 Å². The Labute approximate surface area is 107 Å². The van der Waals surface area contributed by atoms with E-state index in [-0.39, 0.29) is 17.6 Å². The molecule has 0 spiro atoms. The molecule has 2 rings (SSSR count). The Morgan fingerprint density at radius 1 is 1.39 bits per heavy atom. The smallest absolute Gasteiger partial charge is 0.300 e. The molecule has 6 heteroatoms. The highest BCUT2D eigenvalue weighted by atomic mass is 32.2. The van der Waals surface area contributed by atoms with Gasteiger partial charge in [-0.3, -0.25) is 4.18 Å². The maximum absolute atomic E-state index is 11.9. The third-order valence-electron chi connectivity index (χ3n) is 2.54. The molecule has 0 unspecified atom stereocenters. The first-order valence-corrected chi connectivity index (χ1v) is 7.18. The lowest BCUT2D eigenvalue weighted by Crippen LogP contribution is -2.38. The Morgan fingerprint density at radius 3 is 2.67 bits per heavy atom. The molecule has 100 valence electrons. The van der Waals surface area contributed by atoms with Crippen LogP contribution in [0.3, 0.4) is 0 Å². The molecule has 1 aliphatic heterocycles. The number of rotatable bonds is 5. The van der Waals surface area contributed by atoms with Gasteiger partial charge < -0.3 is 9.47 Å². The number of hydrogen-bond acceptors (Lipinski definition) is 5. The van der Waals surface area contributed by atoms with E-state index < -0.39 is 10.1 Å². The molecule has 5 nitrogen and oxygen atoms in total. The standard InChI is InChI=1S/C12H16O5S/c1-3-16-18(13,14)12-5-4-9(2)6-11(12)17-10-7-15-8-10/h4-6,10H,3,7-8H2,1-2H3. The quantitative estimate of drug-likeness (QED) is 0.760. The maximum atomic E-state index is 11.9. The van der Waals surface area contributed by atoms with E-state index in [2.05, 4.69) is 0 Å². The Bertz CT molecular complexity index is 519. The van der Waals surface area contributed by atoms with E-state index in [9.17, 15) is 8.42 Å². The lowest BCUT2D eigenvalue weighted by Gasteiger charge is -2.27. The molecule has 0 aliphatic carbocycles. The van der Waals surface area contributed by atoms with E-state index in [1.165, 1.54) is 6.07 Å². The van der Waals surface area contributed by atoms with Crippen LogP contribution in [0.2, 0.25) is 0 Å². The average Bonchev–Trinajstić information content (AvgIpc) is 2.23. The van der Waals surface area contributed by atoms with Crippen LogP contribution in [0.4, 0.5) is 0 Å². The monoisotopic (exact) mass is 272 g/mol. The molecule has 0 radical (unpaired) electrons. The fourth-order valence-electron chi connectivity index (χ4n) is 1.59. The third-order valence-corrected chi connectivity index (χ3v) is 3.96. The predicted octanol–water partition coefficient (Wildman–Crippen LogP) is 1.50. The summed E-state index contributed by atoms with van der Waals surface area (Å²) in [5, 5.41) is 0. The predicted molar refractivity (Wildman–Crippen MR) is 65.2 cm³/mol. The second-order valence-electron chi connectivity index (χ2n) is 4.09. The van der Waals surface area contributed by atoms with Crippen LogP contribution in [0.25, 0.3) is 0 Å². The van der Waals surface area contributed by atoms with Gasteiger partial charge in [0.15, 0.2) is 0 Å². The highest BCUT2D eigenvalue weighted by molar-refractivity contribution is 7.86. The summed E-state index contributed by atoms with van der Waals surface area (Å²) >= 11 is 0. The molecule has 0 N–H and O–H groups in total. The van der Waals surface area contributed by atoms with Gasteiger partial charge in [-0.15, -0.1) is 0 Å². The van der Waals surface area contributed by atoms with Crippen molar-refractivity contribution in [3.05, 3.63) is 23.8 Å². The van der Waals surface area contributed by atoms with Crippen LogP contribution in [0.5, 0.6) is 5.75 Å². The normalized spacial score (nSPS) is 16.3.